The van der Waals surface area contributed by atoms with Gasteiger partial charge in [-0.2, -0.15) is 18.4 Å². The normalized spacial score (nSPS) is 11.3. The number of thioether (sulfide) groups is 1. The third-order valence-corrected chi connectivity index (χ3v) is 4.12. The molecule has 0 fully saturated rings. The SMILES string of the molecule is CSc1nc(-c2c(Cl)ccc(C(F)(F)F)c2Cl)c(C#N)c(=O)[nH]1. The van der Waals surface area contributed by atoms with Crippen LogP contribution in [-0.4, -0.2) is 16.2 Å². The zero-order chi connectivity index (χ0) is 17.4. The first-order valence-electron chi connectivity index (χ1n) is 5.84. The minimum absolute atomic E-state index is 0.119. The van der Waals surface area contributed by atoms with Gasteiger partial charge in [0.25, 0.3) is 5.56 Å². The number of aromatic amines is 1. The monoisotopic (exact) mass is 379 g/mol. The molecule has 120 valence electrons. The van der Waals surface area contributed by atoms with E-state index in [0.29, 0.717) is 0 Å². The van der Waals surface area contributed by atoms with Gasteiger partial charge >= 0.3 is 6.18 Å². The number of aromatic nitrogens is 2. The summed E-state index contributed by atoms with van der Waals surface area (Å²) in [4.78, 5) is 18.2. The van der Waals surface area contributed by atoms with Crippen molar-refractivity contribution in [3.05, 3.63) is 43.7 Å². The van der Waals surface area contributed by atoms with Gasteiger partial charge in [0.15, 0.2) is 5.16 Å². The fraction of sp³-hybridized carbons (Fsp3) is 0.154. The molecular formula is C13H6Cl2F3N3OS. The molecule has 1 heterocycles. The van der Waals surface area contributed by atoms with Gasteiger partial charge in [0.1, 0.15) is 11.6 Å². The van der Waals surface area contributed by atoms with Crippen LogP contribution in [0, 0.1) is 11.3 Å². The lowest BCUT2D eigenvalue weighted by Crippen LogP contribution is -2.15. The molecule has 0 atom stereocenters. The largest absolute Gasteiger partial charge is 0.417 e. The summed E-state index contributed by atoms with van der Waals surface area (Å²) in [5.74, 6) is 0. The molecule has 0 unspecified atom stereocenters. The average molecular weight is 380 g/mol. The number of alkyl halides is 3. The fourth-order valence-electron chi connectivity index (χ4n) is 1.82. The number of nitrogens with one attached hydrogen (secondary N) is 1. The van der Waals surface area contributed by atoms with Crippen LogP contribution < -0.4 is 5.56 Å². The number of benzene rings is 1. The lowest BCUT2D eigenvalue weighted by molar-refractivity contribution is -0.137. The Bertz CT molecular complexity index is 874. The molecule has 0 spiro atoms. The smallest absolute Gasteiger partial charge is 0.300 e. The molecule has 0 saturated heterocycles. The highest BCUT2D eigenvalue weighted by molar-refractivity contribution is 7.98. The second-order valence-corrected chi connectivity index (χ2v) is 5.77. The fourth-order valence-corrected chi connectivity index (χ4v) is 2.86. The highest BCUT2D eigenvalue weighted by Crippen LogP contribution is 2.43. The Morgan fingerprint density at radius 1 is 1.35 bits per heavy atom. The molecular weight excluding hydrogens is 374 g/mol. The van der Waals surface area contributed by atoms with E-state index in [-0.39, 0.29) is 21.4 Å². The molecule has 1 aromatic heterocycles. The lowest BCUT2D eigenvalue weighted by atomic mass is 10.0. The number of hydrogen-bond donors (Lipinski definition) is 1. The van der Waals surface area contributed by atoms with Crippen molar-refractivity contribution < 1.29 is 13.2 Å². The summed E-state index contributed by atoms with van der Waals surface area (Å²) >= 11 is 12.8. The van der Waals surface area contributed by atoms with Crippen molar-refractivity contribution in [2.75, 3.05) is 6.26 Å². The van der Waals surface area contributed by atoms with E-state index < -0.39 is 27.9 Å². The summed E-state index contributed by atoms with van der Waals surface area (Å²) in [5.41, 5.74) is -2.98. The molecule has 0 aliphatic carbocycles. The van der Waals surface area contributed by atoms with Crippen LogP contribution in [0.5, 0.6) is 0 Å². The lowest BCUT2D eigenvalue weighted by Gasteiger charge is -2.14. The Morgan fingerprint density at radius 2 is 2.00 bits per heavy atom. The molecule has 0 aliphatic rings. The number of halogens is 5. The summed E-state index contributed by atoms with van der Waals surface area (Å²) in [7, 11) is 0. The van der Waals surface area contributed by atoms with Gasteiger partial charge in [0.05, 0.1) is 21.3 Å². The Labute approximate surface area is 142 Å². The van der Waals surface area contributed by atoms with Crippen molar-refractivity contribution in [1.29, 1.82) is 5.26 Å². The Kier molecular flexibility index (Phi) is 4.94. The van der Waals surface area contributed by atoms with Gasteiger partial charge in [-0.15, -0.1) is 0 Å². The second-order valence-electron chi connectivity index (χ2n) is 4.19. The molecule has 0 bridgehead atoms. The number of rotatable bonds is 2. The first-order chi connectivity index (χ1) is 10.7. The van der Waals surface area contributed by atoms with E-state index in [9.17, 15) is 18.0 Å². The van der Waals surface area contributed by atoms with Crippen LogP contribution in [0.3, 0.4) is 0 Å². The highest BCUT2D eigenvalue weighted by atomic mass is 35.5. The second kappa shape index (κ2) is 6.43. The molecule has 4 nitrogen and oxygen atoms in total. The zero-order valence-electron chi connectivity index (χ0n) is 11.3. The number of nitrogens with zero attached hydrogens (tertiary/aromatic N) is 2. The first-order valence-corrected chi connectivity index (χ1v) is 7.82. The first kappa shape index (κ1) is 17.7. The van der Waals surface area contributed by atoms with Crippen LogP contribution in [-0.2, 0) is 6.18 Å². The van der Waals surface area contributed by atoms with E-state index in [2.05, 4.69) is 9.97 Å². The van der Waals surface area contributed by atoms with Gasteiger partial charge in [0, 0.05) is 5.56 Å². The summed E-state index contributed by atoms with van der Waals surface area (Å²) in [5, 5.41) is 8.36. The quantitative estimate of drug-likeness (QED) is 0.621. The van der Waals surface area contributed by atoms with Crippen LogP contribution in [0.25, 0.3) is 11.3 Å². The van der Waals surface area contributed by atoms with Gasteiger partial charge in [-0.25, -0.2) is 4.98 Å². The molecule has 0 amide bonds. The molecule has 0 radical (unpaired) electrons. The van der Waals surface area contributed by atoms with Crippen molar-refractivity contribution in [2.45, 2.75) is 11.3 Å². The molecule has 23 heavy (non-hydrogen) atoms. The summed E-state index contributed by atoms with van der Waals surface area (Å²) < 4.78 is 39.0. The third kappa shape index (κ3) is 3.32. The predicted octanol–water partition coefficient (Wildman–Crippen LogP) is 4.36. The summed E-state index contributed by atoms with van der Waals surface area (Å²) in [6.45, 7) is 0. The molecule has 1 aromatic carbocycles. The molecule has 0 saturated carbocycles. The standard InChI is InChI=1S/C13H6Cl2F3N3OS/c1-23-12-20-10(5(4-19)11(22)21-12)8-7(14)3-2-6(9(8)15)13(16,17)18/h2-3H,1H3,(H,20,21,22). The maximum atomic E-state index is 13.0. The number of hydrogen-bond acceptors (Lipinski definition) is 4. The molecule has 0 aliphatic heterocycles. The van der Waals surface area contributed by atoms with E-state index in [4.69, 9.17) is 28.5 Å². The third-order valence-electron chi connectivity index (χ3n) is 2.84. The van der Waals surface area contributed by atoms with Gasteiger partial charge < -0.3 is 4.98 Å². The van der Waals surface area contributed by atoms with E-state index in [1.807, 2.05) is 0 Å². The maximum absolute atomic E-state index is 13.0. The van der Waals surface area contributed by atoms with Crippen LogP contribution in [0.1, 0.15) is 11.1 Å². The topological polar surface area (TPSA) is 69.5 Å². The maximum Gasteiger partial charge on any atom is 0.417 e. The zero-order valence-corrected chi connectivity index (χ0v) is 13.6. The van der Waals surface area contributed by atoms with Crippen LogP contribution in [0.4, 0.5) is 13.2 Å². The van der Waals surface area contributed by atoms with Gasteiger partial charge in [-0.05, 0) is 18.4 Å². The van der Waals surface area contributed by atoms with E-state index in [1.165, 1.54) is 0 Å². The number of H-pyrrole nitrogens is 1. The molecule has 1 N–H and O–H groups in total. The summed E-state index contributed by atoms with van der Waals surface area (Å²) in [6.07, 6.45) is -3.11. The van der Waals surface area contributed by atoms with Crippen molar-refractivity contribution in [1.82, 2.24) is 9.97 Å². The summed E-state index contributed by atoms with van der Waals surface area (Å²) in [6, 6.07) is 3.33. The van der Waals surface area contributed by atoms with Gasteiger partial charge in [-0.1, -0.05) is 35.0 Å². The Morgan fingerprint density at radius 3 is 2.52 bits per heavy atom. The molecule has 10 heteroatoms. The minimum Gasteiger partial charge on any atom is -0.300 e. The predicted molar refractivity (Wildman–Crippen MR) is 81.8 cm³/mol. The Balaban J connectivity index is 2.90. The molecule has 2 rings (SSSR count). The Hall–Kier alpha value is -1.69. The van der Waals surface area contributed by atoms with Crippen molar-refractivity contribution in [3.63, 3.8) is 0 Å². The average Bonchev–Trinajstić information content (AvgIpc) is 2.45. The highest BCUT2D eigenvalue weighted by Gasteiger charge is 2.35. The number of nitriles is 1. The van der Waals surface area contributed by atoms with E-state index in [0.717, 1.165) is 23.9 Å². The van der Waals surface area contributed by atoms with Gasteiger partial charge in [-0.3, -0.25) is 4.79 Å². The minimum atomic E-state index is -4.72. The van der Waals surface area contributed by atoms with Crippen molar-refractivity contribution in [2.24, 2.45) is 0 Å². The van der Waals surface area contributed by atoms with Crippen LogP contribution in [0.15, 0.2) is 22.1 Å². The van der Waals surface area contributed by atoms with Crippen molar-refractivity contribution in [3.8, 4) is 17.3 Å². The van der Waals surface area contributed by atoms with Crippen LogP contribution in [0.2, 0.25) is 10.0 Å². The van der Waals surface area contributed by atoms with Gasteiger partial charge in [0.2, 0.25) is 0 Å². The van der Waals surface area contributed by atoms with E-state index >= 15 is 0 Å². The van der Waals surface area contributed by atoms with Crippen molar-refractivity contribution >= 4 is 35.0 Å². The van der Waals surface area contributed by atoms with Crippen LogP contribution >= 0.6 is 35.0 Å². The molecule has 2 aromatic rings. The van der Waals surface area contributed by atoms with E-state index in [1.54, 1.807) is 12.3 Å².